The second-order valence-corrected chi connectivity index (χ2v) is 5.42. The molecule has 7 nitrogen and oxygen atoms in total. The number of fused-ring (bicyclic) bond motifs is 1. The van der Waals surface area contributed by atoms with Crippen LogP contribution in [0.5, 0.6) is 0 Å². The van der Waals surface area contributed by atoms with Gasteiger partial charge in [0.15, 0.2) is 0 Å². The summed E-state index contributed by atoms with van der Waals surface area (Å²) < 4.78 is 1.61. The summed E-state index contributed by atoms with van der Waals surface area (Å²) >= 11 is 0. The first-order chi connectivity index (χ1) is 9.52. The van der Waals surface area contributed by atoms with Gasteiger partial charge in [-0.1, -0.05) is 0 Å². The molecule has 1 unspecified atom stereocenters. The molecule has 0 bridgehead atoms. The van der Waals surface area contributed by atoms with E-state index >= 15 is 0 Å². The van der Waals surface area contributed by atoms with E-state index in [1.54, 1.807) is 11.4 Å². The summed E-state index contributed by atoms with van der Waals surface area (Å²) in [5.41, 5.74) is -0.107. The van der Waals surface area contributed by atoms with E-state index in [2.05, 4.69) is 15.1 Å². The fourth-order valence-corrected chi connectivity index (χ4v) is 2.81. The van der Waals surface area contributed by atoms with Crippen LogP contribution in [0.1, 0.15) is 31.9 Å². The number of nitrogens with zero attached hydrogens (tertiary/aromatic N) is 5. The quantitative estimate of drug-likeness (QED) is 0.888. The van der Waals surface area contributed by atoms with Crippen LogP contribution >= 0.6 is 0 Å². The summed E-state index contributed by atoms with van der Waals surface area (Å²) in [6.07, 6.45) is 3.96. The van der Waals surface area contributed by atoms with Gasteiger partial charge in [0.25, 0.3) is 5.78 Å². The van der Waals surface area contributed by atoms with Gasteiger partial charge in [-0.05, 0) is 33.1 Å². The Labute approximate surface area is 116 Å². The van der Waals surface area contributed by atoms with Gasteiger partial charge in [0.1, 0.15) is 17.7 Å². The minimum absolute atomic E-state index is 0.498. The molecule has 0 aliphatic carbocycles. The Morgan fingerprint density at radius 2 is 2.25 bits per heavy atom. The van der Waals surface area contributed by atoms with Crippen molar-refractivity contribution in [2.24, 2.45) is 0 Å². The lowest BCUT2D eigenvalue weighted by Crippen LogP contribution is -2.56. The molecule has 7 heteroatoms. The standard InChI is InChI=1S/C13H17N5O2/c1-9-7-10(18-12(16-9)14-8-15-18)17-6-4-3-5-13(17,2)11(19)20/h7-8H,3-6H2,1-2H3,(H,19,20). The summed E-state index contributed by atoms with van der Waals surface area (Å²) in [7, 11) is 0. The Balaban J connectivity index is 2.17. The zero-order chi connectivity index (χ0) is 14.3. The van der Waals surface area contributed by atoms with Crippen LogP contribution in [0.25, 0.3) is 5.78 Å². The number of anilines is 1. The van der Waals surface area contributed by atoms with Gasteiger partial charge in [0.05, 0.1) is 0 Å². The average Bonchev–Trinajstić information content (AvgIpc) is 2.86. The minimum Gasteiger partial charge on any atom is -0.480 e. The smallest absolute Gasteiger partial charge is 0.329 e. The van der Waals surface area contributed by atoms with Crippen LogP contribution in [0.4, 0.5) is 5.82 Å². The molecule has 1 saturated heterocycles. The SMILES string of the molecule is Cc1cc(N2CCCCC2(C)C(=O)O)n2ncnc2n1. The van der Waals surface area contributed by atoms with E-state index < -0.39 is 11.5 Å². The number of aromatic nitrogens is 4. The largest absolute Gasteiger partial charge is 0.480 e. The van der Waals surface area contributed by atoms with Crippen LogP contribution in [-0.4, -0.2) is 42.7 Å². The van der Waals surface area contributed by atoms with Crippen molar-refractivity contribution in [3.63, 3.8) is 0 Å². The third-order valence-electron chi connectivity index (χ3n) is 3.99. The van der Waals surface area contributed by atoms with Crippen molar-refractivity contribution in [1.29, 1.82) is 0 Å². The van der Waals surface area contributed by atoms with Gasteiger partial charge in [-0.3, -0.25) is 0 Å². The Hall–Kier alpha value is -2.18. The van der Waals surface area contributed by atoms with Crippen molar-refractivity contribution in [1.82, 2.24) is 19.6 Å². The second kappa shape index (κ2) is 4.43. The highest BCUT2D eigenvalue weighted by Crippen LogP contribution is 2.33. The summed E-state index contributed by atoms with van der Waals surface area (Å²) in [5.74, 6) is 0.438. The number of piperidine rings is 1. The van der Waals surface area contributed by atoms with E-state index in [-0.39, 0.29) is 0 Å². The van der Waals surface area contributed by atoms with Gasteiger partial charge >= 0.3 is 5.97 Å². The Morgan fingerprint density at radius 1 is 1.45 bits per heavy atom. The number of hydrogen-bond donors (Lipinski definition) is 1. The molecule has 1 fully saturated rings. The van der Waals surface area contributed by atoms with Crippen molar-refractivity contribution < 1.29 is 9.90 Å². The normalized spacial score (nSPS) is 23.2. The second-order valence-electron chi connectivity index (χ2n) is 5.42. The molecule has 3 heterocycles. The van der Waals surface area contributed by atoms with Crippen LogP contribution in [-0.2, 0) is 4.79 Å². The number of hydrogen-bond acceptors (Lipinski definition) is 5. The fourth-order valence-electron chi connectivity index (χ4n) is 2.81. The Bertz CT molecular complexity index is 668. The van der Waals surface area contributed by atoms with Gasteiger partial charge < -0.3 is 10.0 Å². The van der Waals surface area contributed by atoms with E-state index in [0.29, 0.717) is 18.7 Å². The fraction of sp³-hybridized carbons (Fsp3) is 0.538. The maximum Gasteiger partial charge on any atom is 0.329 e. The van der Waals surface area contributed by atoms with Crippen molar-refractivity contribution >= 4 is 17.6 Å². The highest BCUT2D eigenvalue weighted by Gasteiger charge is 2.42. The lowest BCUT2D eigenvalue weighted by molar-refractivity contribution is -0.143. The predicted octanol–water partition coefficient (Wildman–Crippen LogP) is 1.27. The number of aliphatic carboxylic acids is 1. The maximum absolute atomic E-state index is 11.7. The van der Waals surface area contributed by atoms with Gasteiger partial charge in [0, 0.05) is 18.3 Å². The molecule has 0 radical (unpaired) electrons. The summed E-state index contributed by atoms with van der Waals surface area (Å²) in [4.78, 5) is 22.0. The first kappa shape index (κ1) is 12.8. The molecular weight excluding hydrogens is 258 g/mol. The topological polar surface area (TPSA) is 83.6 Å². The molecule has 1 aliphatic rings. The van der Waals surface area contributed by atoms with E-state index in [9.17, 15) is 9.90 Å². The van der Waals surface area contributed by atoms with Gasteiger partial charge in [0.2, 0.25) is 0 Å². The van der Waals surface area contributed by atoms with Gasteiger partial charge in [-0.15, -0.1) is 0 Å². The number of carboxylic acid groups (broad SMARTS) is 1. The zero-order valence-electron chi connectivity index (χ0n) is 11.6. The summed E-state index contributed by atoms with van der Waals surface area (Å²) in [6.45, 7) is 4.34. The third-order valence-corrected chi connectivity index (χ3v) is 3.99. The van der Waals surface area contributed by atoms with Crippen molar-refractivity contribution in [2.45, 2.75) is 38.6 Å². The Morgan fingerprint density at radius 3 is 3.00 bits per heavy atom. The molecule has 1 atom stereocenters. The molecule has 2 aromatic rings. The van der Waals surface area contributed by atoms with Crippen molar-refractivity contribution in [3.8, 4) is 0 Å². The van der Waals surface area contributed by atoms with Crippen LogP contribution in [0.2, 0.25) is 0 Å². The first-order valence-electron chi connectivity index (χ1n) is 6.71. The molecule has 106 valence electrons. The molecule has 0 saturated carbocycles. The van der Waals surface area contributed by atoms with Crippen LogP contribution in [0.3, 0.4) is 0 Å². The monoisotopic (exact) mass is 275 g/mol. The van der Waals surface area contributed by atoms with E-state index in [1.165, 1.54) is 6.33 Å². The first-order valence-corrected chi connectivity index (χ1v) is 6.71. The summed E-state index contributed by atoms with van der Waals surface area (Å²) in [5, 5.41) is 13.8. The molecular formula is C13H17N5O2. The summed E-state index contributed by atoms with van der Waals surface area (Å²) in [6, 6.07) is 1.87. The van der Waals surface area contributed by atoms with Crippen molar-refractivity contribution in [2.75, 3.05) is 11.4 Å². The predicted molar refractivity (Wildman–Crippen MR) is 72.8 cm³/mol. The highest BCUT2D eigenvalue weighted by atomic mass is 16.4. The third kappa shape index (κ3) is 1.81. The molecule has 1 N–H and O–H groups in total. The van der Waals surface area contributed by atoms with Crippen LogP contribution in [0.15, 0.2) is 12.4 Å². The van der Waals surface area contributed by atoms with E-state index in [0.717, 1.165) is 24.4 Å². The lowest BCUT2D eigenvalue weighted by Gasteiger charge is -2.42. The molecule has 2 aromatic heterocycles. The number of carboxylic acids is 1. The van der Waals surface area contributed by atoms with Gasteiger partial charge in [-0.25, -0.2) is 9.78 Å². The molecule has 3 rings (SSSR count). The van der Waals surface area contributed by atoms with Crippen molar-refractivity contribution in [3.05, 3.63) is 18.1 Å². The van der Waals surface area contributed by atoms with E-state index in [1.807, 2.05) is 17.9 Å². The molecule has 0 amide bonds. The number of aryl methyl sites for hydroxylation is 1. The minimum atomic E-state index is -0.912. The van der Waals surface area contributed by atoms with Crippen LogP contribution in [0, 0.1) is 6.92 Å². The van der Waals surface area contributed by atoms with Gasteiger partial charge in [-0.2, -0.15) is 14.6 Å². The zero-order valence-corrected chi connectivity index (χ0v) is 11.6. The number of rotatable bonds is 2. The highest BCUT2D eigenvalue weighted by molar-refractivity contribution is 5.83. The van der Waals surface area contributed by atoms with E-state index in [4.69, 9.17) is 0 Å². The number of carbonyl (C=O) groups is 1. The molecule has 20 heavy (non-hydrogen) atoms. The van der Waals surface area contributed by atoms with Crippen LogP contribution < -0.4 is 4.90 Å². The molecule has 0 aromatic carbocycles. The average molecular weight is 275 g/mol. The molecule has 0 spiro atoms. The Kier molecular flexibility index (Phi) is 2.84. The maximum atomic E-state index is 11.7. The lowest BCUT2D eigenvalue weighted by atomic mass is 9.88. The molecule has 1 aliphatic heterocycles.